The van der Waals surface area contributed by atoms with E-state index < -0.39 is 114 Å². The minimum atomic E-state index is -2.86. The molecule has 4 nitrogen and oxygen atoms in total. The van der Waals surface area contributed by atoms with Gasteiger partial charge in [0.2, 0.25) is 11.6 Å². The Labute approximate surface area is 212 Å². The third-order valence-electron chi connectivity index (χ3n) is 5.24. The smallest absolute Gasteiger partial charge is 0.200 e. The Morgan fingerprint density at radius 2 is 0.500 bits per heavy atom. The molecule has 0 spiro atoms. The van der Waals surface area contributed by atoms with Gasteiger partial charge in [-0.2, -0.15) is 21.0 Å². The molecular formula is C24F12N4. The molecule has 0 atom stereocenters. The molecule has 0 aromatic heterocycles. The summed E-state index contributed by atoms with van der Waals surface area (Å²) in [6.45, 7) is 0. The second kappa shape index (κ2) is 10.4. The van der Waals surface area contributed by atoms with Gasteiger partial charge >= 0.3 is 0 Å². The first-order chi connectivity index (χ1) is 18.7. The lowest BCUT2D eigenvalue weighted by molar-refractivity contribution is 0.380. The van der Waals surface area contributed by atoms with Crippen LogP contribution in [0.1, 0.15) is 0 Å². The number of halogens is 12. The van der Waals surface area contributed by atoms with Crippen LogP contribution in [0.2, 0.25) is 0 Å². The number of benzene rings is 3. The Bertz CT molecular complexity index is 1740. The van der Waals surface area contributed by atoms with E-state index >= 15 is 8.78 Å². The molecule has 3 aromatic carbocycles. The zero-order valence-electron chi connectivity index (χ0n) is 18.3. The average molecular weight is 572 g/mol. The zero-order chi connectivity index (χ0) is 30.4. The maximum absolute atomic E-state index is 16.0. The van der Waals surface area contributed by atoms with Crippen LogP contribution in [0.3, 0.4) is 0 Å². The largest absolute Gasteiger partial charge is 0.206 e. The highest BCUT2D eigenvalue weighted by molar-refractivity contribution is 5.86. The van der Waals surface area contributed by atoms with Gasteiger partial charge in [-0.15, -0.1) is 0 Å². The standard InChI is InChI=1S/C24F12N4/c25-13-7(5(1-37)2-38)9(11-15(27)19(31)23(35)20(32)16(11)28)14(26)8(6(3-39)4-40)10(13)12-17(29)21(33)24(36)22(34)18(12)30. The van der Waals surface area contributed by atoms with Crippen LogP contribution in [0.4, 0.5) is 52.7 Å². The fourth-order valence-electron chi connectivity index (χ4n) is 3.55. The molecule has 0 aliphatic rings. The highest BCUT2D eigenvalue weighted by Gasteiger charge is 2.35. The van der Waals surface area contributed by atoms with Crippen molar-refractivity contribution in [2.45, 2.75) is 0 Å². The first-order valence-electron chi connectivity index (χ1n) is 9.66. The maximum atomic E-state index is 16.0. The molecule has 40 heavy (non-hydrogen) atoms. The summed E-state index contributed by atoms with van der Waals surface area (Å²) in [5, 5.41) is 32.6. The summed E-state index contributed by atoms with van der Waals surface area (Å²) in [4.78, 5) is 0. The van der Waals surface area contributed by atoms with Crippen molar-refractivity contribution in [2.24, 2.45) is 0 Å². The fraction of sp³-hybridized carbons (Fsp3) is 0. The second-order valence-electron chi connectivity index (χ2n) is 7.22. The van der Waals surface area contributed by atoms with Crippen molar-refractivity contribution in [3.05, 3.63) is 80.2 Å². The van der Waals surface area contributed by atoms with Gasteiger partial charge in [-0.3, -0.25) is 0 Å². The third-order valence-corrected chi connectivity index (χ3v) is 5.24. The minimum absolute atomic E-state index is 0.852. The molecule has 0 aliphatic heterocycles. The van der Waals surface area contributed by atoms with E-state index in [0.717, 1.165) is 24.3 Å². The lowest BCUT2D eigenvalue weighted by Crippen LogP contribution is -2.30. The predicted octanol–water partition coefficient (Wildman–Crippen LogP) is 5.09. The SMILES string of the molecule is N#CC(C#N)=c1c(F)c(-c2c(F)c(F)c(F)c(F)c2F)c(=C(C#N)C#N)c(F)c1-c1c(F)c(F)c(F)c(F)c1F. The molecule has 0 saturated carbocycles. The summed E-state index contributed by atoms with van der Waals surface area (Å²) >= 11 is 0. The summed E-state index contributed by atoms with van der Waals surface area (Å²) < 4.78 is 174. The van der Waals surface area contributed by atoms with Gasteiger partial charge in [0.15, 0.2) is 46.5 Å². The highest BCUT2D eigenvalue weighted by Crippen LogP contribution is 2.35. The van der Waals surface area contributed by atoms with Crippen molar-refractivity contribution < 1.29 is 52.7 Å². The Morgan fingerprint density at radius 3 is 0.700 bits per heavy atom. The molecule has 0 N–H and O–H groups in total. The summed E-state index contributed by atoms with van der Waals surface area (Å²) in [6.07, 6.45) is 0. The van der Waals surface area contributed by atoms with Gasteiger partial charge in [0.1, 0.15) is 47.1 Å². The van der Waals surface area contributed by atoms with Crippen molar-refractivity contribution >= 4 is 11.1 Å². The Kier molecular flexibility index (Phi) is 7.53. The molecule has 200 valence electrons. The first kappa shape index (κ1) is 29.1. The molecule has 16 heteroatoms. The number of nitriles is 4. The lowest BCUT2D eigenvalue weighted by Gasteiger charge is -2.16. The van der Waals surface area contributed by atoms with Gasteiger partial charge in [-0.25, -0.2) is 52.7 Å². The Balaban J connectivity index is 3.00. The van der Waals surface area contributed by atoms with Crippen LogP contribution < -0.4 is 10.4 Å². The molecule has 0 bridgehead atoms. The summed E-state index contributed by atoms with van der Waals surface area (Å²) in [6, 6.07) is 3.41. The fourth-order valence-corrected chi connectivity index (χ4v) is 3.55. The van der Waals surface area contributed by atoms with Gasteiger partial charge < -0.3 is 0 Å². The third kappa shape index (κ3) is 3.94. The van der Waals surface area contributed by atoms with E-state index in [9.17, 15) is 65.0 Å². The van der Waals surface area contributed by atoms with E-state index in [4.69, 9.17) is 0 Å². The number of hydrogen-bond acceptors (Lipinski definition) is 4. The minimum Gasteiger partial charge on any atom is -0.206 e. The van der Waals surface area contributed by atoms with E-state index in [1.54, 1.807) is 0 Å². The van der Waals surface area contributed by atoms with E-state index in [0.29, 0.717) is 0 Å². The van der Waals surface area contributed by atoms with Crippen molar-refractivity contribution in [1.82, 2.24) is 0 Å². The van der Waals surface area contributed by atoms with Gasteiger partial charge in [0, 0.05) is 11.1 Å². The molecule has 3 rings (SSSR count). The summed E-state index contributed by atoms with van der Waals surface area (Å²) in [7, 11) is 0. The van der Waals surface area contributed by atoms with Crippen molar-refractivity contribution in [2.75, 3.05) is 0 Å². The molecule has 0 heterocycles. The van der Waals surface area contributed by atoms with Gasteiger partial charge in [0.05, 0.1) is 21.6 Å². The van der Waals surface area contributed by atoms with Crippen LogP contribution in [0.15, 0.2) is 0 Å². The lowest BCUT2D eigenvalue weighted by atomic mass is 9.89. The monoisotopic (exact) mass is 572 g/mol. The van der Waals surface area contributed by atoms with Crippen LogP contribution in [0.25, 0.3) is 33.4 Å². The van der Waals surface area contributed by atoms with Crippen molar-refractivity contribution in [1.29, 1.82) is 21.0 Å². The van der Waals surface area contributed by atoms with E-state index in [-0.39, 0.29) is 0 Å². The molecule has 0 aliphatic carbocycles. The number of hydrogen-bond donors (Lipinski definition) is 0. The van der Waals surface area contributed by atoms with Gasteiger partial charge in [0.25, 0.3) is 0 Å². The van der Waals surface area contributed by atoms with Gasteiger partial charge in [-0.05, 0) is 0 Å². The normalized spacial score (nSPS) is 10.4. The van der Waals surface area contributed by atoms with Crippen LogP contribution >= 0.6 is 0 Å². The molecule has 3 aromatic rings. The topological polar surface area (TPSA) is 95.2 Å². The van der Waals surface area contributed by atoms with Crippen LogP contribution in [0.5, 0.6) is 0 Å². The van der Waals surface area contributed by atoms with Crippen LogP contribution in [-0.4, -0.2) is 0 Å². The quantitative estimate of drug-likeness (QED) is 0.243. The molecular weight excluding hydrogens is 572 g/mol. The molecule has 0 unspecified atom stereocenters. The number of nitrogens with zero attached hydrogens (tertiary/aromatic N) is 4. The highest BCUT2D eigenvalue weighted by atomic mass is 19.2. The summed E-state index contributed by atoms with van der Waals surface area (Å²) in [5.74, 6) is -33.6. The average Bonchev–Trinajstić information content (AvgIpc) is 2.94. The maximum Gasteiger partial charge on any atom is 0.200 e. The van der Waals surface area contributed by atoms with Crippen LogP contribution in [-0.2, 0) is 0 Å². The first-order valence-corrected chi connectivity index (χ1v) is 9.66. The molecule has 0 radical (unpaired) electrons. The van der Waals surface area contributed by atoms with Crippen LogP contribution in [0, 0.1) is 115 Å². The van der Waals surface area contributed by atoms with Gasteiger partial charge in [-0.1, -0.05) is 0 Å². The Hall–Kier alpha value is -5.48. The van der Waals surface area contributed by atoms with E-state index in [1.807, 2.05) is 0 Å². The zero-order valence-corrected chi connectivity index (χ0v) is 18.3. The van der Waals surface area contributed by atoms with Crippen molar-refractivity contribution in [3.63, 3.8) is 0 Å². The second-order valence-corrected chi connectivity index (χ2v) is 7.22. The Morgan fingerprint density at radius 1 is 0.300 bits per heavy atom. The van der Waals surface area contributed by atoms with Crippen molar-refractivity contribution in [3.8, 4) is 46.5 Å². The van der Waals surface area contributed by atoms with E-state index in [2.05, 4.69) is 0 Å². The molecule has 0 fully saturated rings. The number of rotatable bonds is 2. The molecule has 0 amide bonds. The van der Waals surface area contributed by atoms with E-state index in [1.165, 1.54) is 0 Å². The molecule has 0 saturated heterocycles. The predicted molar refractivity (Wildman–Crippen MR) is 105 cm³/mol. The summed E-state index contributed by atoms with van der Waals surface area (Å²) in [5.41, 5.74) is -12.7.